The van der Waals surface area contributed by atoms with Crippen molar-refractivity contribution in [3.63, 3.8) is 0 Å². The Labute approximate surface area is 247 Å². The second-order valence-electron chi connectivity index (χ2n) is 9.83. The van der Waals surface area contributed by atoms with Crippen molar-refractivity contribution in [2.45, 2.75) is 49.9 Å². The average molecular weight is 597 g/mol. The molecule has 0 fully saturated rings. The van der Waals surface area contributed by atoms with E-state index in [9.17, 15) is 29.1 Å². The summed E-state index contributed by atoms with van der Waals surface area (Å²) in [4.78, 5) is 66.1. The van der Waals surface area contributed by atoms with Crippen molar-refractivity contribution in [2.75, 3.05) is 12.0 Å². The van der Waals surface area contributed by atoms with Crippen molar-refractivity contribution in [3.8, 4) is 0 Å². The van der Waals surface area contributed by atoms with Crippen molar-refractivity contribution < 1.29 is 29.1 Å². The lowest BCUT2D eigenvalue weighted by atomic mass is 10.0. The smallest absolute Gasteiger partial charge is 0.305 e. The van der Waals surface area contributed by atoms with E-state index in [2.05, 4.69) is 20.9 Å². The molecule has 3 rings (SSSR count). The Morgan fingerprint density at radius 2 is 1.48 bits per heavy atom. The van der Waals surface area contributed by atoms with Crippen LogP contribution in [-0.4, -0.2) is 75.9 Å². The van der Waals surface area contributed by atoms with Crippen LogP contribution in [0.4, 0.5) is 0 Å². The first-order valence-electron chi connectivity index (χ1n) is 13.3. The Morgan fingerprint density at radius 1 is 0.857 bits per heavy atom. The lowest BCUT2D eigenvalue weighted by molar-refractivity contribution is -0.141. The highest BCUT2D eigenvalue weighted by molar-refractivity contribution is 7.98. The number of benzene rings is 2. The minimum Gasteiger partial charge on any atom is -0.481 e. The molecule has 2 aromatic carbocycles. The molecule has 224 valence electrons. The Morgan fingerprint density at radius 3 is 2.14 bits per heavy atom. The third kappa shape index (κ3) is 9.35. The normalized spacial score (nSPS) is 13.9. The van der Waals surface area contributed by atoms with E-state index in [4.69, 9.17) is 11.5 Å². The monoisotopic (exact) mass is 596 g/mol. The van der Waals surface area contributed by atoms with Crippen LogP contribution in [-0.2, 0) is 36.8 Å². The van der Waals surface area contributed by atoms with E-state index in [1.165, 1.54) is 11.8 Å². The van der Waals surface area contributed by atoms with E-state index in [0.717, 1.165) is 22.0 Å². The van der Waals surface area contributed by atoms with Gasteiger partial charge in [-0.3, -0.25) is 24.0 Å². The summed E-state index contributed by atoms with van der Waals surface area (Å²) in [5.74, 6) is -3.89. The molecule has 1 heterocycles. The number of aromatic amines is 1. The number of hydrogen-bond donors (Lipinski definition) is 7. The Bertz CT molecular complexity index is 1400. The maximum atomic E-state index is 13.3. The minimum absolute atomic E-state index is 0.0797. The van der Waals surface area contributed by atoms with Gasteiger partial charge in [-0.25, -0.2) is 0 Å². The summed E-state index contributed by atoms with van der Waals surface area (Å²) in [7, 11) is 0. The molecule has 0 aliphatic heterocycles. The van der Waals surface area contributed by atoms with Gasteiger partial charge >= 0.3 is 5.97 Å². The van der Waals surface area contributed by atoms with Crippen molar-refractivity contribution in [1.82, 2.24) is 20.9 Å². The molecule has 9 N–H and O–H groups in total. The van der Waals surface area contributed by atoms with Crippen LogP contribution in [0, 0.1) is 0 Å². The molecule has 0 saturated carbocycles. The highest BCUT2D eigenvalue weighted by Crippen LogP contribution is 2.19. The number of hydrogen-bond acceptors (Lipinski definition) is 7. The summed E-state index contributed by atoms with van der Waals surface area (Å²) in [6.45, 7) is 0. The summed E-state index contributed by atoms with van der Waals surface area (Å²) in [6.07, 6.45) is 3.36. The predicted octanol–water partition coefficient (Wildman–Crippen LogP) is 0.448. The summed E-state index contributed by atoms with van der Waals surface area (Å²) in [5.41, 5.74) is 14.1. The zero-order valence-corrected chi connectivity index (χ0v) is 24.0. The number of rotatable bonds is 16. The van der Waals surface area contributed by atoms with Crippen LogP contribution in [0.5, 0.6) is 0 Å². The van der Waals surface area contributed by atoms with Crippen LogP contribution >= 0.6 is 11.8 Å². The van der Waals surface area contributed by atoms with Gasteiger partial charge in [0.05, 0.1) is 12.5 Å². The van der Waals surface area contributed by atoms with Gasteiger partial charge in [-0.15, -0.1) is 0 Å². The van der Waals surface area contributed by atoms with Gasteiger partial charge in [0, 0.05) is 23.5 Å². The van der Waals surface area contributed by atoms with Crippen molar-refractivity contribution in [1.29, 1.82) is 0 Å². The first-order chi connectivity index (χ1) is 20.1. The van der Waals surface area contributed by atoms with E-state index in [-0.39, 0.29) is 19.3 Å². The lowest BCUT2D eigenvalue weighted by Gasteiger charge is -2.25. The Balaban J connectivity index is 1.69. The van der Waals surface area contributed by atoms with Crippen LogP contribution < -0.4 is 27.4 Å². The fraction of sp³-hybridized carbons (Fsp3) is 0.345. The number of nitrogens with two attached hydrogens (primary N) is 2. The zero-order valence-electron chi connectivity index (χ0n) is 23.2. The first kappa shape index (κ1) is 32.2. The molecule has 12 nitrogen and oxygen atoms in total. The number of para-hydroxylation sites is 1. The van der Waals surface area contributed by atoms with E-state index in [0.29, 0.717) is 5.75 Å². The average Bonchev–Trinajstić information content (AvgIpc) is 3.37. The summed E-state index contributed by atoms with van der Waals surface area (Å²) in [6, 6.07) is 11.7. The third-order valence-corrected chi connectivity index (χ3v) is 7.29. The fourth-order valence-electron chi connectivity index (χ4n) is 4.41. The van der Waals surface area contributed by atoms with E-state index < -0.39 is 60.2 Å². The molecule has 13 heteroatoms. The number of carboxylic acids is 1. The molecule has 0 spiro atoms. The third-order valence-electron chi connectivity index (χ3n) is 6.65. The highest BCUT2D eigenvalue weighted by atomic mass is 32.2. The molecule has 0 saturated heterocycles. The Hall–Kier alpha value is -4.36. The van der Waals surface area contributed by atoms with Crippen molar-refractivity contribution >= 4 is 52.3 Å². The fourth-order valence-corrected chi connectivity index (χ4v) is 4.89. The second kappa shape index (κ2) is 15.6. The molecule has 1 unspecified atom stereocenters. The molecular weight excluding hydrogens is 560 g/mol. The maximum Gasteiger partial charge on any atom is 0.305 e. The predicted molar refractivity (Wildman–Crippen MR) is 160 cm³/mol. The van der Waals surface area contributed by atoms with Gasteiger partial charge < -0.3 is 37.5 Å². The molecule has 0 aliphatic rings. The summed E-state index contributed by atoms with van der Waals surface area (Å²) < 4.78 is 0. The van der Waals surface area contributed by atoms with Gasteiger partial charge in [0.1, 0.15) is 18.1 Å². The Kier molecular flexibility index (Phi) is 11.9. The number of carboxylic acid groups (broad SMARTS) is 1. The van der Waals surface area contributed by atoms with Crippen molar-refractivity contribution in [2.24, 2.45) is 11.5 Å². The topological polar surface area (TPSA) is 209 Å². The van der Waals surface area contributed by atoms with Gasteiger partial charge in [-0.1, -0.05) is 48.5 Å². The number of carbonyl (C=O) groups is 5. The molecule has 0 bridgehead atoms. The van der Waals surface area contributed by atoms with E-state index >= 15 is 0 Å². The largest absolute Gasteiger partial charge is 0.481 e. The number of primary amides is 1. The molecular formula is C29H36N6O6S. The minimum atomic E-state index is -1.53. The number of H-pyrrole nitrogens is 1. The molecule has 0 aliphatic carbocycles. The number of fused-ring (bicyclic) bond motifs is 1. The van der Waals surface area contributed by atoms with Crippen molar-refractivity contribution in [3.05, 3.63) is 71.9 Å². The van der Waals surface area contributed by atoms with E-state index in [1.807, 2.05) is 30.5 Å². The van der Waals surface area contributed by atoms with Crippen LogP contribution in [0.15, 0.2) is 60.8 Å². The van der Waals surface area contributed by atoms with Crippen LogP contribution in [0.2, 0.25) is 0 Å². The molecule has 1 aromatic heterocycles. The molecule has 0 radical (unpaired) electrons. The van der Waals surface area contributed by atoms with Gasteiger partial charge in [0.15, 0.2) is 0 Å². The summed E-state index contributed by atoms with van der Waals surface area (Å²) >= 11 is 1.44. The van der Waals surface area contributed by atoms with Gasteiger partial charge in [-0.05, 0) is 42.0 Å². The first-order valence-corrected chi connectivity index (χ1v) is 14.7. The number of carbonyl (C=O) groups excluding carboxylic acids is 4. The zero-order chi connectivity index (χ0) is 30.6. The summed E-state index contributed by atoms with van der Waals surface area (Å²) in [5, 5.41) is 17.9. The van der Waals surface area contributed by atoms with Crippen LogP contribution in [0.1, 0.15) is 24.0 Å². The molecule has 4 amide bonds. The standard InChI is InChI=1S/C29H36N6O6S/c1-42-12-11-22(33-27(39)20(30)14-18-16-32-21-10-6-5-9-19(18)21)28(40)35-24(15-25(36)37)29(41)34-23(26(31)38)13-17-7-3-2-4-8-17/h2-10,16,20,22-24,32H,11-15,30H2,1H3,(H2,31,38)(H,33,39)(H,34,41)(H,35,40)(H,36,37)/t20-,22?,23-,24-/m0/s1. The van der Waals surface area contributed by atoms with Crippen LogP contribution in [0.25, 0.3) is 10.9 Å². The van der Waals surface area contributed by atoms with E-state index in [1.54, 1.807) is 36.5 Å². The van der Waals surface area contributed by atoms with Gasteiger partial charge in [0.25, 0.3) is 0 Å². The number of amides is 4. The van der Waals surface area contributed by atoms with Gasteiger partial charge in [-0.2, -0.15) is 11.8 Å². The SMILES string of the molecule is CSCCC(NC(=O)[C@@H](N)Cc1c[nH]c2ccccc12)C(=O)N[C@@H](CC(=O)O)C(=O)N[C@@H](Cc1ccccc1)C(N)=O. The highest BCUT2D eigenvalue weighted by Gasteiger charge is 2.31. The van der Waals surface area contributed by atoms with Gasteiger partial charge in [0.2, 0.25) is 23.6 Å². The number of aromatic nitrogens is 1. The second-order valence-corrected chi connectivity index (χ2v) is 10.8. The quantitative estimate of drug-likeness (QED) is 0.123. The number of thioether (sulfide) groups is 1. The maximum absolute atomic E-state index is 13.3. The lowest BCUT2D eigenvalue weighted by Crippen LogP contribution is -2.58. The van der Waals surface area contributed by atoms with Crippen LogP contribution in [0.3, 0.4) is 0 Å². The molecule has 4 atom stereocenters. The number of aliphatic carboxylic acids is 1. The molecule has 42 heavy (non-hydrogen) atoms. The molecule has 3 aromatic rings. The number of nitrogens with one attached hydrogen (secondary N) is 4.